The molecule has 1 aliphatic heterocycles. The number of halogens is 4. The third-order valence-electron chi connectivity index (χ3n) is 3.95. The minimum atomic E-state index is -4.87. The lowest BCUT2D eigenvalue weighted by Gasteiger charge is -2.26. The van der Waals surface area contributed by atoms with Crippen molar-refractivity contribution in [1.82, 2.24) is 4.90 Å². The molecule has 144 valence electrons. The van der Waals surface area contributed by atoms with Gasteiger partial charge in [-0.25, -0.2) is 0 Å². The molecule has 1 aliphatic rings. The Bertz CT molecular complexity index is 847. The number of hydrogen-bond donors (Lipinski definition) is 0. The Labute approximate surface area is 166 Å². The largest absolute Gasteiger partial charge is 0.573 e. The Balaban J connectivity index is 1.95. The third kappa shape index (κ3) is 4.52. The number of benzene rings is 2. The molecular formula is C18H15BrF3NO3S. The maximum atomic E-state index is 13.0. The van der Waals surface area contributed by atoms with Crippen molar-refractivity contribution in [3.8, 4) is 11.5 Å². The Morgan fingerprint density at radius 3 is 2.67 bits per heavy atom. The lowest BCUT2D eigenvalue weighted by atomic mass is 10.1. The van der Waals surface area contributed by atoms with E-state index in [9.17, 15) is 18.0 Å². The van der Waals surface area contributed by atoms with Crippen LogP contribution in [-0.4, -0.2) is 36.6 Å². The van der Waals surface area contributed by atoms with E-state index in [1.54, 1.807) is 6.07 Å². The van der Waals surface area contributed by atoms with Gasteiger partial charge in [0.15, 0.2) is 0 Å². The van der Waals surface area contributed by atoms with E-state index in [-0.39, 0.29) is 10.9 Å². The fourth-order valence-corrected chi connectivity index (χ4v) is 4.49. The first-order chi connectivity index (χ1) is 12.8. The molecule has 0 bridgehead atoms. The van der Waals surface area contributed by atoms with Gasteiger partial charge in [-0.3, -0.25) is 4.79 Å². The Hall–Kier alpha value is -1.87. The highest BCUT2D eigenvalue weighted by Crippen LogP contribution is 2.44. The van der Waals surface area contributed by atoms with E-state index >= 15 is 0 Å². The van der Waals surface area contributed by atoms with Crippen LogP contribution in [0.3, 0.4) is 0 Å². The van der Waals surface area contributed by atoms with E-state index in [1.165, 1.54) is 42.0 Å². The van der Waals surface area contributed by atoms with Crippen molar-refractivity contribution in [3.05, 3.63) is 58.1 Å². The Morgan fingerprint density at radius 1 is 1.22 bits per heavy atom. The Morgan fingerprint density at radius 2 is 1.96 bits per heavy atom. The molecular weight excluding hydrogens is 447 g/mol. The van der Waals surface area contributed by atoms with Gasteiger partial charge in [-0.15, -0.1) is 24.9 Å². The van der Waals surface area contributed by atoms with E-state index < -0.39 is 18.0 Å². The van der Waals surface area contributed by atoms with E-state index in [2.05, 4.69) is 20.7 Å². The van der Waals surface area contributed by atoms with Gasteiger partial charge in [0.2, 0.25) is 0 Å². The number of para-hydroxylation sites is 1. The summed E-state index contributed by atoms with van der Waals surface area (Å²) < 4.78 is 48.3. The van der Waals surface area contributed by atoms with Crippen molar-refractivity contribution >= 4 is 33.6 Å². The van der Waals surface area contributed by atoms with Gasteiger partial charge in [0.1, 0.15) is 16.9 Å². The summed E-state index contributed by atoms with van der Waals surface area (Å²) in [6.07, 6.45) is -4.87. The van der Waals surface area contributed by atoms with Crippen LogP contribution in [0.25, 0.3) is 0 Å². The molecule has 0 aliphatic carbocycles. The number of thioether (sulfide) groups is 1. The molecule has 0 spiro atoms. The van der Waals surface area contributed by atoms with Crippen molar-refractivity contribution < 1.29 is 27.4 Å². The average Bonchev–Trinajstić information content (AvgIpc) is 3.09. The summed E-state index contributed by atoms with van der Waals surface area (Å²) in [4.78, 5) is 14.6. The molecule has 3 rings (SSSR count). The predicted molar refractivity (Wildman–Crippen MR) is 100 cm³/mol. The number of amides is 1. The quantitative estimate of drug-likeness (QED) is 0.623. The van der Waals surface area contributed by atoms with Gasteiger partial charge in [-0.05, 0) is 30.3 Å². The molecule has 9 heteroatoms. The van der Waals surface area contributed by atoms with Gasteiger partial charge in [-0.2, -0.15) is 0 Å². The summed E-state index contributed by atoms with van der Waals surface area (Å²) >= 11 is 4.93. The summed E-state index contributed by atoms with van der Waals surface area (Å²) in [5.41, 5.74) is 0.647. The second-order valence-corrected chi connectivity index (χ2v) is 7.76. The van der Waals surface area contributed by atoms with Gasteiger partial charge in [0.05, 0.1) is 12.7 Å². The zero-order valence-electron chi connectivity index (χ0n) is 14.1. The van der Waals surface area contributed by atoms with Gasteiger partial charge >= 0.3 is 6.36 Å². The van der Waals surface area contributed by atoms with Crippen LogP contribution in [0, 0.1) is 0 Å². The highest BCUT2D eigenvalue weighted by atomic mass is 79.9. The number of carbonyl (C=O) groups is 1. The number of alkyl halides is 3. The standard InChI is InChI=1S/C18H15BrF3NO3S/c1-25-14-7-6-11(19)10-13(14)17-23(8-9-27-17)16(24)12-4-2-3-5-15(12)26-18(20,21)22/h2-7,10,17H,8-9H2,1H3. The first-order valence-corrected chi connectivity index (χ1v) is 9.75. The van der Waals surface area contributed by atoms with E-state index in [0.29, 0.717) is 18.0 Å². The maximum absolute atomic E-state index is 13.0. The van der Waals surface area contributed by atoms with Crippen LogP contribution in [0.2, 0.25) is 0 Å². The lowest BCUT2D eigenvalue weighted by Crippen LogP contribution is -2.31. The lowest BCUT2D eigenvalue weighted by molar-refractivity contribution is -0.274. The average molecular weight is 462 g/mol. The molecule has 0 radical (unpaired) electrons. The van der Waals surface area contributed by atoms with Crippen molar-refractivity contribution in [3.63, 3.8) is 0 Å². The number of rotatable bonds is 4. The molecule has 1 amide bonds. The van der Waals surface area contributed by atoms with Crippen LogP contribution < -0.4 is 9.47 Å². The molecule has 1 heterocycles. The molecule has 27 heavy (non-hydrogen) atoms. The number of methoxy groups -OCH3 is 1. The molecule has 2 aromatic rings. The predicted octanol–water partition coefficient (Wildman–Crippen LogP) is 5.24. The normalized spacial score (nSPS) is 17.1. The van der Waals surface area contributed by atoms with Gasteiger partial charge < -0.3 is 14.4 Å². The smallest absolute Gasteiger partial charge is 0.496 e. The van der Waals surface area contributed by atoms with Crippen molar-refractivity contribution in [2.75, 3.05) is 19.4 Å². The minimum absolute atomic E-state index is 0.128. The molecule has 1 atom stereocenters. The summed E-state index contributed by atoms with van der Waals surface area (Å²) in [6.45, 7) is 0.407. The fourth-order valence-electron chi connectivity index (χ4n) is 2.85. The van der Waals surface area contributed by atoms with Crippen molar-refractivity contribution in [2.45, 2.75) is 11.7 Å². The number of hydrogen-bond acceptors (Lipinski definition) is 4. The van der Waals surface area contributed by atoms with E-state index in [4.69, 9.17) is 4.74 Å². The second kappa shape index (κ2) is 8.02. The molecule has 2 aromatic carbocycles. The summed E-state index contributed by atoms with van der Waals surface area (Å²) in [7, 11) is 1.53. The molecule has 0 aromatic heterocycles. The van der Waals surface area contributed by atoms with Crippen LogP contribution in [0.5, 0.6) is 11.5 Å². The minimum Gasteiger partial charge on any atom is -0.496 e. The van der Waals surface area contributed by atoms with Crippen molar-refractivity contribution in [1.29, 1.82) is 0 Å². The molecule has 0 saturated carbocycles. The topological polar surface area (TPSA) is 38.8 Å². The SMILES string of the molecule is COc1ccc(Br)cc1C1SCCN1C(=O)c1ccccc1OC(F)(F)F. The van der Waals surface area contributed by atoms with Crippen LogP contribution in [0.15, 0.2) is 46.9 Å². The van der Waals surface area contributed by atoms with E-state index in [1.807, 2.05) is 12.1 Å². The molecule has 1 fully saturated rings. The third-order valence-corrected chi connectivity index (χ3v) is 5.69. The number of carbonyl (C=O) groups excluding carboxylic acids is 1. The fraction of sp³-hybridized carbons (Fsp3) is 0.278. The zero-order valence-corrected chi connectivity index (χ0v) is 16.5. The molecule has 1 unspecified atom stereocenters. The molecule has 1 saturated heterocycles. The number of nitrogens with zero attached hydrogens (tertiary/aromatic N) is 1. The summed E-state index contributed by atoms with van der Waals surface area (Å²) in [5, 5.41) is -0.371. The summed E-state index contributed by atoms with van der Waals surface area (Å²) in [6, 6.07) is 10.8. The van der Waals surface area contributed by atoms with E-state index in [0.717, 1.165) is 16.1 Å². The van der Waals surface area contributed by atoms with Crippen LogP contribution in [0.1, 0.15) is 21.3 Å². The molecule has 0 N–H and O–H groups in total. The van der Waals surface area contributed by atoms with Gasteiger partial charge in [0.25, 0.3) is 5.91 Å². The van der Waals surface area contributed by atoms with Crippen molar-refractivity contribution in [2.24, 2.45) is 0 Å². The van der Waals surface area contributed by atoms with Gasteiger partial charge in [-0.1, -0.05) is 28.1 Å². The first-order valence-electron chi connectivity index (χ1n) is 7.91. The first kappa shape index (κ1) is 19.9. The van der Waals surface area contributed by atoms with Crippen LogP contribution in [-0.2, 0) is 0 Å². The highest BCUT2D eigenvalue weighted by molar-refractivity contribution is 9.10. The Kier molecular flexibility index (Phi) is 5.90. The highest BCUT2D eigenvalue weighted by Gasteiger charge is 2.37. The number of ether oxygens (including phenoxy) is 2. The van der Waals surface area contributed by atoms with Crippen LogP contribution >= 0.6 is 27.7 Å². The van der Waals surface area contributed by atoms with Crippen LogP contribution in [0.4, 0.5) is 13.2 Å². The van der Waals surface area contributed by atoms with Gasteiger partial charge in [0, 0.05) is 22.3 Å². The summed E-state index contributed by atoms with van der Waals surface area (Å²) in [5.74, 6) is 0.239. The monoisotopic (exact) mass is 461 g/mol. The second-order valence-electron chi connectivity index (χ2n) is 5.65. The molecule has 4 nitrogen and oxygen atoms in total. The maximum Gasteiger partial charge on any atom is 0.573 e. The zero-order chi connectivity index (χ0) is 19.6.